The Morgan fingerprint density at radius 2 is 1.91 bits per heavy atom. The molecule has 2 heterocycles. The monoisotopic (exact) mass is 467 g/mol. The number of fused-ring (bicyclic) bond motifs is 1. The number of anilines is 1. The molecule has 172 valence electrons. The van der Waals surface area contributed by atoms with E-state index >= 15 is 0 Å². The molecule has 1 aromatic heterocycles. The number of aromatic nitrogens is 1. The first-order valence-corrected chi connectivity index (χ1v) is 11.1. The summed E-state index contributed by atoms with van der Waals surface area (Å²) in [6.45, 7) is 6.68. The summed E-state index contributed by atoms with van der Waals surface area (Å²) in [6.07, 6.45) is 0.341. The van der Waals surface area contributed by atoms with Crippen molar-refractivity contribution in [1.82, 2.24) is 9.27 Å². The number of aryl methyl sites for hydroxylation is 1. The minimum Gasteiger partial charge on any atom is -0.478 e. The predicted molar refractivity (Wildman–Crippen MR) is 127 cm³/mol. The van der Waals surface area contributed by atoms with Crippen molar-refractivity contribution in [1.29, 1.82) is 0 Å². The Morgan fingerprint density at radius 1 is 1.18 bits per heavy atom. The van der Waals surface area contributed by atoms with Gasteiger partial charge in [-0.3, -0.25) is 9.69 Å². The van der Waals surface area contributed by atoms with Crippen LogP contribution in [0.1, 0.15) is 26.3 Å². The average Bonchev–Trinajstić information content (AvgIpc) is 3.16. The summed E-state index contributed by atoms with van der Waals surface area (Å²) >= 11 is 1.30. The molecule has 8 nitrogen and oxygen atoms in total. The van der Waals surface area contributed by atoms with Gasteiger partial charge in [0.15, 0.2) is 5.60 Å². The minimum absolute atomic E-state index is 0.315. The molecule has 3 aromatic rings. The molecule has 2 N–H and O–H groups in total. The highest BCUT2D eigenvalue weighted by atomic mass is 32.1. The number of carboxylic acid groups (broad SMARTS) is 1. The Bertz CT molecular complexity index is 1300. The van der Waals surface area contributed by atoms with Crippen molar-refractivity contribution < 1.29 is 24.5 Å². The van der Waals surface area contributed by atoms with Crippen LogP contribution in [0.4, 0.5) is 5.69 Å². The highest BCUT2D eigenvalue weighted by Gasteiger charge is 2.32. The first-order valence-electron chi connectivity index (χ1n) is 10.3. The molecule has 0 bridgehead atoms. The lowest BCUT2D eigenvalue weighted by Crippen LogP contribution is -2.52. The summed E-state index contributed by atoms with van der Waals surface area (Å²) in [5.74, 6) is -0.993. The maximum absolute atomic E-state index is 12.7. The molecule has 1 aliphatic rings. The van der Waals surface area contributed by atoms with E-state index in [1.165, 1.54) is 36.4 Å². The van der Waals surface area contributed by atoms with E-state index in [1.807, 2.05) is 31.2 Å². The maximum Gasteiger partial charge on any atom is 0.347 e. The molecule has 1 atom stereocenters. The molecular formula is C24H25N3O5S. The number of carbonyl (C=O) groups is 2. The van der Waals surface area contributed by atoms with Gasteiger partial charge in [-0.05, 0) is 69.6 Å². The van der Waals surface area contributed by atoms with Crippen LogP contribution in [0.25, 0.3) is 21.3 Å². The Labute approximate surface area is 195 Å². The number of allylic oxidation sites excluding steroid dienone is 1. The normalized spacial score (nSPS) is 16.8. The van der Waals surface area contributed by atoms with Crippen LogP contribution in [-0.4, -0.2) is 50.4 Å². The van der Waals surface area contributed by atoms with Crippen molar-refractivity contribution in [3.05, 3.63) is 53.7 Å². The van der Waals surface area contributed by atoms with E-state index in [4.69, 9.17) is 4.74 Å². The molecule has 0 radical (unpaired) electrons. The second-order valence-electron chi connectivity index (χ2n) is 8.58. The third-order valence-corrected chi connectivity index (χ3v) is 6.53. The van der Waals surface area contributed by atoms with Gasteiger partial charge in [0.1, 0.15) is 5.75 Å². The van der Waals surface area contributed by atoms with Gasteiger partial charge in [-0.25, -0.2) is 4.79 Å². The summed E-state index contributed by atoms with van der Waals surface area (Å²) in [4.78, 5) is 27.2. The molecule has 0 saturated carbocycles. The lowest BCUT2D eigenvalue weighted by atomic mass is 10.0. The highest BCUT2D eigenvalue weighted by molar-refractivity contribution is 7.13. The molecule has 9 heteroatoms. The fourth-order valence-corrected chi connectivity index (χ4v) is 4.36. The number of aliphatic carboxylic acids is 1. The number of nitrogens with zero attached hydrogens (tertiary/aromatic N) is 3. The van der Waals surface area contributed by atoms with Crippen LogP contribution in [0, 0.1) is 6.92 Å². The molecule has 4 rings (SSSR count). The molecule has 33 heavy (non-hydrogen) atoms. The number of hydrogen-bond acceptors (Lipinski definition) is 7. The van der Waals surface area contributed by atoms with Crippen molar-refractivity contribution in [3.63, 3.8) is 0 Å². The quantitative estimate of drug-likeness (QED) is 0.585. The van der Waals surface area contributed by atoms with Gasteiger partial charge in [-0.1, -0.05) is 11.6 Å². The van der Waals surface area contributed by atoms with Gasteiger partial charge in [0.05, 0.1) is 10.4 Å². The number of ether oxygens (including phenoxy) is 1. The third kappa shape index (κ3) is 4.05. The molecule has 1 aliphatic heterocycles. The predicted octanol–water partition coefficient (Wildman–Crippen LogP) is 3.97. The van der Waals surface area contributed by atoms with Gasteiger partial charge in [0, 0.05) is 35.5 Å². The second-order valence-corrected chi connectivity index (χ2v) is 9.39. The fourth-order valence-electron chi connectivity index (χ4n) is 3.59. The number of aliphatic hydroxyl groups excluding tert-OH is 1. The molecule has 2 aromatic carbocycles. The first-order chi connectivity index (χ1) is 15.5. The number of rotatable bonds is 5. The molecule has 0 spiro atoms. The van der Waals surface area contributed by atoms with Crippen LogP contribution in [0.5, 0.6) is 5.75 Å². The van der Waals surface area contributed by atoms with E-state index in [2.05, 4.69) is 4.37 Å². The van der Waals surface area contributed by atoms with Crippen molar-refractivity contribution in [2.75, 3.05) is 11.9 Å². The average molecular weight is 468 g/mol. The van der Waals surface area contributed by atoms with Gasteiger partial charge in [-0.15, -0.1) is 0 Å². The van der Waals surface area contributed by atoms with Crippen LogP contribution in [0.15, 0.2) is 48.2 Å². The van der Waals surface area contributed by atoms with Crippen molar-refractivity contribution in [2.24, 2.45) is 0 Å². The van der Waals surface area contributed by atoms with Gasteiger partial charge >= 0.3 is 5.97 Å². The van der Waals surface area contributed by atoms with Crippen molar-refractivity contribution in [2.45, 2.75) is 39.6 Å². The zero-order valence-electron chi connectivity index (χ0n) is 19.0. The highest BCUT2D eigenvalue weighted by Crippen LogP contribution is 2.40. The number of amides is 1. The van der Waals surface area contributed by atoms with Crippen LogP contribution in [0.2, 0.25) is 0 Å². The SMILES string of the molecule is CC1=CC(=O)N(c2ccc3snc(-c4cc(C)ccc4OC(C)(C)C(=O)O)c3c2)C(O)N1C. The molecule has 1 amide bonds. The van der Waals surface area contributed by atoms with Gasteiger partial charge in [0.2, 0.25) is 6.35 Å². The second kappa shape index (κ2) is 8.17. The fraction of sp³-hybridized carbons (Fsp3) is 0.292. The van der Waals surface area contributed by atoms with E-state index in [0.29, 0.717) is 28.4 Å². The number of carboxylic acids is 1. The van der Waals surface area contributed by atoms with Gasteiger partial charge < -0.3 is 19.8 Å². The number of carbonyl (C=O) groups excluding carboxylic acids is 1. The zero-order chi connectivity index (χ0) is 24.1. The van der Waals surface area contributed by atoms with E-state index in [0.717, 1.165) is 15.6 Å². The van der Waals surface area contributed by atoms with E-state index in [1.54, 1.807) is 31.0 Å². The smallest absolute Gasteiger partial charge is 0.347 e. The van der Waals surface area contributed by atoms with Crippen LogP contribution in [0.3, 0.4) is 0 Å². The summed E-state index contributed by atoms with van der Waals surface area (Å²) in [6, 6.07) is 10.9. The van der Waals surface area contributed by atoms with E-state index in [-0.39, 0.29) is 5.91 Å². The summed E-state index contributed by atoms with van der Waals surface area (Å²) < 4.78 is 11.4. The molecule has 0 saturated heterocycles. The Kier molecular flexibility index (Phi) is 5.63. The van der Waals surface area contributed by atoms with E-state index in [9.17, 15) is 19.8 Å². The standard InChI is InChI=1S/C24H25N3O5S/c1-13-6-8-18(32-24(3,4)22(29)30)16(10-13)21-17-12-15(7-9-19(17)33-25-21)27-20(28)11-14(2)26(5)23(27)31/h6-12,23,31H,1-5H3,(H,29,30). The lowest BCUT2D eigenvalue weighted by molar-refractivity contribution is -0.152. The number of benzene rings is 2. The Balaban J connectivity index is 1.84. The lowest BCUT2D eigenvalue weighted by Gasteiger charge is -2.38. The van der Waals surface area contributed by atoms with Crippen molar-refractivity contribution >= 4 is 39.2 Å². The van der Waals surface area contributed by atoms with E-state index < -0.39 is 17.9 Å². The maximum atomic E-state index is 12.7. The summed E-state index contributed by atoms with van der Waals surface area (Å²) in [7, 11) is 1.71. The minimum atomic E-state index is -1.43. The van der Waals surface area contributed by atoms with Crippen LogP contribution in [-0.2, 0) is 9.59 Å². The van der Waals surface area contributed by atoms with Crippen molar-refractivity contribution in [3.8, 4) is 17.0 Å². The van der Waals surface area contributed by atoms with Gasteiger partial charge in [0.25, 0.3) is 5.91 Å². The third-order valence-electron chi connectivity index (χ3n) is 5.71. The first kappa shape index (κ1) is 22.8. The molecule has 1 unspecified atom stereocenters. The Hall–Kier alpha value is -3.43. The van der Waals surface area contributed by atoms with Gasteiger partial charge in [-0.2, -0.15) is 4.37 Å². The summed E-state index contributed by atoms with van der Waals surface area (Å²) in [5.41, 5.74) is 2.01. The number of aliphatic hydroxyl groups is 1. The van der Waals surface area contributed by atoms with Crippen LogP contribution < -0.4 is 9.64 Å². The molecule has 0 aliphatic carbocycles. The number of hydrogen-bond donors (Lipinski definition) is 2. The molecule has 0 fully saturated rings. The zero-order valence-corrected chi connectivity index (χ0v) is 19.8. The Morgan fingerprint density at radius 3 is 2.61 bits per heavy atom. The largest absolute Gasteiger partial charge is 0.478 e. The molecular weight excluding hydrogens is 442 g/mol. The topological polar surface area (TPSA) is 103 Å². The summed E-state index contributed by atoms with van der Waals surface area (Å²) in [5, 5.41) is 21.0. The van der Waals surface area contributed by atoms with Crippen LogP contribution >= 0.6 is 11.5 Å².